The second-order valence-corrected chi connectivity index (χ2v) is 2.69. The van der Waals surface area contributed by atoms with Crippen molar-refractivity contribution in [1.82, 2.24) is 0 Å². The Bertz CT molecular complexity index is 320. The van der Waals surface area contributed by atoms with Gasteiger partial charge in [0, 0.05) is 0 Å². The molecule has 78 valence electrons. The summed E-state index contributed by atoms with van der Waals surface area (Å²) < 4.78 is 39.1. The molecule has 0 fully saturated rings. The minimum atomic E-state index is -4.69. The van der Waals surface area contributed by atoms with Crippen LogP contribution in [0.15, 0.2) is 18.2 Å². The average Bonchev–Trinajstić information content (AvgIpc) is 2.06. The third kappa shape index (κ3) is 2.83. The van der Waals surface area contributed by atoms with E-state index < -0.39 is 6.36 Å². The molecule has 0 heterocycles. The van der Waals surface area contributed by atoms with E-state index in [0.29, 0.717) is 12.0 Å². The summed E-state index contributed by atoms with van der Waals surface area (Å²) in [5.74, 6) is -0.339. The van der Waals surface area contributed by atoms with E-state index in [4.69, 9.17) is 0 Å². The van der Waals surface area contributed by atoms with E-state index in [1.165, 1.54) is 12.1 Å². The van der Waals surface area contributed by atoms with E-state index in [1.54, 1.807) is 6.92 Å². The molecular formula is C9H9F3O2. The summed E-state index contributed by atoms with van der Waals surface area (Å²) in [6.45, 7) is 1.73. The number of phenols is 1. The lowest BCUT2D eigenvalue weighted by molar-refractivity contribution is -0.274. The number of aromatic hydroxyl groups is 1. The van der Waals surface area contributed by atoms with Crippen LogP contribution in [0.4, 0.5) is 13.2 Å². The summed E-state index contributed by atoms with van der Waals surface area (Å²) in [6, 6.07) is 3.42. The van der Waals surface area contributed by atoms with Crippen LogP contribution >= 0.6 is 0 Å². The van der Waals surface area contributed by atoms with Gasteiger partial charge in [0.25, 0.3) is 0 Å². The number of ether oxygens (including phenoxy) is 1. The molecule has 0 aliphatic carbocycles. The molecule has 0 saturated carbocycles. The zero-order chi connectivity index (χ0) is 10.8. The van der Waals surface area contributed by atoms with E-state index in [1.807, 2.05) is 0 Å². The van der Waals surface area contributed by atoms with Gasteiger partial charge in [-0.05, 0) is 30.2 Å². The molecule has 0 spiro atoms. The fourth-order valence-electron chi connectivity index (χ4n) is 1.04. The van der Waals surface area contributed by atoms with Gasteiger partial charge in [0.1, 0.15) is 11.5 Å². The van der Waals surface area contributed by atoms with Crippen molar-refractivity contribution >= 4 is 0 Å². The van der Waals surface area contributed by atoms with Gasteiger partial charge >= 0.3 is 6.36 Å². The molecule has 14 heavy (non-hydrogen) atoms. The third-order valence-corrected chi connectivity index (χ3v) is 1.67. The van der Waals surface area contributed by atoms with E-state index in [9.17, 15) is 18.3 Å². The first-order chi connectivity index (χ1) is 6.42. The number of halogens is 3. The first kappa shape index (κ1) is 10.7. The lowest BCUT2D eigenvalue weighted by Crippen LogP contribution is -2.17. The quantitative estimate of drug-likeness (QED) is 0.806. The zero-order valence-electron chi connectivity index (χ0n) is 7.43. The molecule has 0 aliphatic rings. The Hall–Kier alpha value is -1.39. The van der Waals surface area contributed by atoms with Crippen molar-refractivity contribution in [2.24, 2.45) is 0 Å². The van der Waals surface area contributed by atoms with Gasteiger partial charge in [-0.15, -0.1) is 13.2 Å². The van der Waals surface area contributed by atoms with E-state index in [-0.39, 0.29) is 11.5 Å². The van der Waals surface area contributed by atoms with Crippen LogP contribution in [0.1, 0.15) is 12.5 Å². The van der Waals surface area contributed by atoms with Crippen molar-refractivity contribution in [2.45, 2.75) is 19.7 Å². The Morgan fingerprint density at radius 1 is 1.36 bits per heavy atom. The highest BCUT2D eigenvalue weighted by Crippen LogP contribution is 2.27. The molecule has 0 saturated heterocycles. The Kier molecular flexibility index (Phi) is 2.88. The molecule has 0 atom stereocenters. The molecular weight excluding hydrogens is 197 g/mol. The maximum atomic E-state index is 11.8. The Balaban J connectivity index is 2.90. The van der Waals surface area contributed by atoms with Crippen molar-refractivity contribution in [3.05, 3.63) is 23.8 Å². The number of hydrogen-bond acceptors (Lipinski definition) is 2. The highest BCUT2D eigenvalue weighted by molar-refractivity contribution is 5.39. The fraction of sp³-hybridized carbons (Fsp3) is 0.333. The van der Waals surface area contributed by atoms with E-state index >= 15 is 0 Å². The highest BCUT2D eigenvalue weighted by atomic mass is 19.4. The number of alkyl halides is 3. The predicted molar refractivity (Wildman–Crippen MR) is 44.2 cm³/mol. The average molecular weight is 206 g/mol. The topological polar surface area (TPSA) is 29.5 Å². The van der Waals surface area contributed by atoms with Gasteiger partial charge in [-0.1, -0.05) is 6.92 Å². The molecule has 0 aliphatic heterocycles. The van der Waals surface area contributed by atoms with Crippen molar-refractivity contribution in [3.8, 4) is 11.5 Å². The summed E-state index contributed by atoms with van der Waals surface area (Å²) in [5, 5.41) is 9.20. The number of rotatable bonds is 2. The van der Waals surface area contributed by atoms with Gasteiger partial charge in [-0.25, -0.2) is 0 Å². The molecule has 1 aromatic rings. The molecule has 0 radical (unpaired) electrons. The van der Waals surface area contributed by atoms with Crippen molar-refractivity contribution < 1.29 is 23.0 Å². The lowest BCUT2D eigenvalue weighted by atomic mass is 10.1. The lowest BCUT2D eigenvalue weighted by Gasteiger charge is -2.10. The summed E-state index contributed by atoms with van der Waals surface area (Å²) in [5.41, 5.74) is 0.423. The monoisotopic (exact) mass is 206 g/mol. The van der Waals surface area contributed by atoms with Crippen LogP contribution in [-0.4, -0.2) is 11.5 Å². The van der Waals surface area contributed by atoms with Gasteiger partial charge < -0.3 is 9.84 Å². The van der Waals surface area contributed by atoms with Crippen LogP contribution in [-0.2, 0) is 6.42 Å². The minimum Gasteiger partial charge on any atom is -0.508 e. The minimum absolute atomic E-state index is 0.0259. The summed E-state index contributed by atoms with van der Waals surface area (Å²) in [6.07, 6.45) is -4.25. The molecule has 2 nitrogen and oxygen atoms in total. The fourth-order valence-corrected chi connectivity index (χ4v) is 1.04. The Labute approximate surface area is 78.9 Å². The Morgan fingerprint density at radius 3 is 2.50 bits per heavy atom. The second-order valence-electron chi connectivity index (χ2n) is 2.69. The largest absolute Gasteiger partial charge is 0.573 e. The van der Waals surface area contributed by atoms with Gasteiger partial charge in [-0.2, -0.15) is 0 Å². The second kappa shape index (κ2) is 3.77. The molecule has 1 rings (SSSR count). The number of aryl methyl sites for hydroxylation is 1. The van der Waals surface area contributed by atoms with Crippen LogP contribution in [0.5, 0.6) is 11.5 Å². The number of phenolic OH excluding ortho intramolecular Hbond substituents is 1. The van der Waals surface area contributed by atoms with Crippen LogP contribution < -0.4 is 4.74 Å². The van der Waals surface area contributed by atoms with Crippen molar-refractivity contribution in [1.29, 1.82) is 0 Å². The summed E-state index contributed by atoms with van der Waals surface area (Å²) >= 11 is 0. The van der Waals surface area contributed by atoms with Crippen molar-refractivity contribution in [3.63, 3.8) is 0 Å². The smallest absolute Gasteiger partial charge is 0.508 e. The van der Waals surface area contributed by atoms with Gasteiger partial charge in [0.2, 0.25) is 0 Å². The summed E-state index contributed by atoms with van der Waals surface area (Å²) in [4.78, 5) is 0. The molecule has 0 unspecified atom stereocenters. The number of hydrogen-bond donors (Lipinski definition) is 1. The molecule has 0 amide bonds. The van der Waals surface area contributed by atoms with Crippen LogP contribution in [0.3, 0.4) is 0 Å². The van der Waals surface area contributed by atoms with E-state index in [2.05, 4.69) is 4.74 Å². The normalized spacial score (nSPS) is 11.4. The van der Waals surface area contributed by atoms with Crippen molar-refractivity contribution in [2.75, 3.05) is 0 Å². The van der Waals surface area contributed by atoms with Crippen LogP contribution in [0.25, 0.3) is 0 Å². The molecule has 1 aromatic carbocycles. The molecule has 0 bridgehead atoms. The zero-order valence-corrected chi connectivity index (χ0v) is 7.43. The van der Waals surface area contributed by atoms with Gasteiger partial charge in [0.15, 0.2) is 0 Å². The standard InChI is InChI=1S/C9H9F3O2/c1-2-6-5-7(3-4-8(6)13)14-9(10,11)12/h3-5,13H,2H2,1H3. The third-order valence-electron chi connectivity index (χ3n) is 1.67. The molecule has 5 heteroatoms. The maximum absolute atomic E-state index is 11.8. The first-order valence-electron chi connectivity index (χ1n) is 4.00. The Morgan fingerprint density at radius 2 is 2.00 bits per heavy atom. The summed E-state index contributed by atoms with van der Waals surface area (Å²) in [7, 11) is 0. The maximum Gasteiger partial charge on any atom is 0.573 e. The SMILES string of the molecule is CCc1cc(OC(F)(F)F)ccc1O. The van der Waals surface area contributed by atoms with Gasteiger partial charge in [-0.3, -0.25) is 0 Å². The predicted octanol–water partition coefficient (Wildman–Crippen LogP) is 2.85. The van der Waals surface area contributed by atoms with Crippen LogP contribution in [0.2, 0.25) is 0 Å². The van der Waals surface area contributed by atoms with E-state index in [0.717, 1.165) is 6.07 Å². The number of benzene rings is 1. The molecule has 0 aromatic heterocycles. The highest BCUT2D eigenvalue weighted by Gasteiger charge is 2.31. The first-order valence-corrected chi connectivity index (χ1v) is 4.00. The van der Waals surface area contributed by atoms with Gasteiger partial charge in [0.05, 0.1) is 0 Å². The van der Waals surface area contributed by atoms with Crippen LogP contribution in [0, 0.1) is 0 Å². The molecule has 1 N–H and O–H groups in total.